The number of nitrogens with one attached hydrogen (secondary N) is 4. The number of aliphatic hydroxyl groups excluding tert-OH is 1. The van der Waals surface area contributed by atoms with Crippen LogP contribution in [0.25, 0.3) is 55.2 Å². The van der Waals surface area contributed by atoms with Crippen molar-refractivity contribution in [3.05, 3.63) is 307 Å². The lowest BCUT2D eigenvalue weighted by Crippen LogP contribution is -2.11. The minimum atomic E-state index is -3.38. The highest BCUT2D eigenvalue weighted by molar-refractivity contribution is 9.08. The summed E-state index contributed by atoms with van der Waals surface area (Å²) in [6.45, 7) is 25.2. The minimum Gasteiger partial charge on any atom is -0.483 e. The van der Waals surface area contributed by atoms with Crippen molar-refractivity contribution in [3.8, 4) is 0 Å². The van der Waals surface area contributed by atoms with Crippen LogP contribution in [-0.4, -0.2) is 112 Å². The van der Waals surface area contributed by atoms with Crippen molar-refractivity contribution in [1.82, 2.24) is 48.6 Å². The van der Waals surface area contributed by atoms with Crippen molar-refractivity contribution >= 4 is 200 Å². The van der Waals surface area contributed by atoms with E-state index in [1.807, 2.05) is 191 Å². The molecule has 0 fully saturated rings. The second-order valence-electron chi connectivity index (χ2n) is 27.8. The van der Waals surface area contributed by atoms with Gasteiger partial charge in [0.2, 0.25) is 19.1 Å². The van der Waals surface area contributed by atoms with E-state index in [0.29, 0.717) is 73.4 Å². The second-order valence-corrected chi connectivity index (χ2v) is 35.0. The van der Waals surface area contributed by atoms with E-state index in [4.69, 9.17) is 84.1 Å². The van der Waals surface area contributed by atoms with Gasteiger partial charge in [0.25, 0.3) is 17.8 Å². The molecule has 10 aromatic carbocycles. The van der Waals surface area contributed by atoms with Gasteiger partial charge in [-0.1, -0.05) is 130 Å². The fourth-order valence-electron chi connectivity index (χ4n) is 11.7. The van der Waals surface area contributed by atoms with Crippen LogP contribution in [0.15, 0.2) is 192 Å². The van der Waals surface area contributed by atoms with Crippen molar-refractivity contribution in [2.24, 2.45) is 15.1 Å². The number of nitrogens with two attached hydrogens (primary N) is 3. The van der Waals surface area contributed by atoms with Gasteiger partial charge in [0.15, 0.2) is 11.0 Å². The average molecular weight is 1960 g/mol. The number of carbonyl (C=O) groups is 1. The highest BCUT2D eigenvalue weighted by atomic mass is 79.9. The zero-order valence-electron chi connectivity index (χ0n) is 70.7. The van der Waals surface area contributed by atoms with Crippen LogP contribution in [0.4, 0.5) is 34.1 Å². The fraction of sp³-hybridized carbons (Fsp3) is 0.241. The number of anilines is 4. The van der Waals surface area contributed by atoms with Crippen molar-refractivity contribution in [1.29, 1.82) is 5.53 Å². The molecular weight excluding hydrogens is 1860 g/mol. The maximum Gasteiger partial charge on any atom is 0.300 e. The molecule has 127 heavy (non-hydrogen) atoms. The van der Waals surface area contributed by atoms with Crippen LogP contribution in [0.3, 0.4) is 0 Å². The smallest absolute Gasteiger partial charge is 0.300 e. The van der Waals surface area contributed by atoms with E-state index in [9.17, 15) is 37.1 Å². The van der Waals surface area contributed by atoms with Crippen LogP contribution < -0.4 is 21.9 Å². The van der Waals surface area contributed by atoms with Gasteiger partial charge in [-0.2, -0.15) is 5.53 Å². The van der Waals surface area contributed by atoms with Crippen LogP contribution in [0.1, 0.15) is 104 Å². The van der Waals surface area contributed by atoms with Gasteiger partial charge in [-0.25, -0.2) is 41.8 Å². The number of hydrogen-bond donors (Lipinski definition) is 9. The van der Waals surface area contributed by atoms with Gasteiger partial charge >= 0.3 is 0 Å². The molecule has 31 nitrogen and oxygen atoms in total. The topological polar surface area (TPSA) is 474 Å². The van der Waals surface area contributed by atoms with Gasteiger partial charge in [-0.15, -0.1) is 0 Å². The summed E-state index contributed by atoms with van der Waals surface area (Å²) in [6, 6.07) is 46.8. The molecule has 0 amide bonds. The number of halogens is 7. The Morgan fingerprint density at radius 2 is 0.819 bits per heavy atom. The van der Waals surface area contributed by atoms with Crippen molar-refractivity contribution < 1.29 is 41.7 Å². The standard InChI is InChI=1S/C17H18ClN3O2S.C16H14ClN3O2.C16H16ClN3.C9H9N3O2.C9H10N2.C8H12N2.C7H6BrCl.CH3ClO2S.CH2O2.CH4O.2CH4.ClHN4/c1-11-8-15-17(16(12(11)2)20-24(3,22)23)19-10-21(15)9-13-4-6-14(18)7-5-13;1-10-7-14-15(16(11(10)2)20(21)22)18-9-19(14)8-12-3-5-13(17)6-4-12;1-10-7-14-16(15(18)11(10)2)19-9-20(14)8-12-3-5-13(17)6-4-12;1-5-3-7-8(11-4-10-7)9(6(5)2)12(13)14;1-6-3-8-9(4-7(6)2)11-5-10-8;1-5-3-7(9)8(10)4-6(5)2;8-5-6-1-3-7(9)4-2-6;1-5(2,3)4;2-1-3;1-2;;;1-3-5-4-2/h4-8,10,20H,9H2,1-3H3;3-7,9H,8H2,1-2H3;3-7,9H,8,18H2,1-2H3;3-4H,1-2H3,(H,10,11);3-5H,1-2H3,(H,10,11);3-4H,9-10H2,1-2H3;1-4H,5H2;1H3;1H,(H,2,3);2H,1H3;2*1H4;2H. The summed E-state index contributed by atoms with van der Waals surface area (Å²) in [5, 5.41) is 45.0. The molecule has 0 aliphatic carbocycles. The molecule has 0 saturated carbocycles. The van der Waals surface area contributed by atoms with Crippen LogP contribution in [0.2, 0.25) is 20.1 Å². The predicted molar refractivity (Wildman–Crippen MR) is 522 cm³/mol. The predicted octanol–water partition coefficient (Wildman–Crippen LogP) is 23.2. The molecule has 0 unspecified atom stereocenters. The number of aryl methyl sites for hydroxylation is 8. The number of nitrogens with zero attached hydrogens (tertiary/aromatic N) is 13. The number of fused-ring (bicyclic) bond motifs is 5. The van der Waals surface area contributed by atoms with Crippen LogP contribution in [-0.2, 0) is 48.8 Å². The molecule has 0 bridgehead atoms. The maximum absolute atomic E-state index is 11.7. The van der Waals surface area contributed by atoms with E-state index in [0.717, 1.165) is 119 Å². The Morgan fingerprint density at radius 3 is 1.20 bits per heavy atom. The van der Waals surface area contributed by atoms with Crippen LogP contribution in [0, 0.1) is 109 Å². The van der Waals surface area contributed by atoms with E-state index < -0.39 is 19.1 Å². The molecule has 12 N–H and O–H groups in total. The quantitative estimate of drug-likeness (QED) is 0.0104. The van der Waals surface area contributed by atoms with Crippen molar-refractivity contribution in [3.63, 3.8) is 0 Å². The van der Waals surface area contributed by atoms with Crippen LogP contribution in [0.5, 0.6) is 0 Å². The van der Waals surface area contributed by atoms with E-state index in [1.165, 1.54) is 45.3 Å². The third-order valence-corrected chi connectivity index (χ3v) is 21.2. The summed E-state index contributed by atoms with van der Waals surface area (Å²) in [5.74, 6) is 0. The second kappa shape index (κ2) is 51.8. The number of rotatable bonds is 12. The normalized spacial score (nSPS) is 10.4. The molecule has 0 atom stereocenters. The zero-order chi connectivity index (χ0) is 93.5. The van der Waals surface area contributed by atoms with Gasteiger partial charge in [0.1, 0.15) is 11.0 Å². The Hall–Kier alpha value is -11.7. The summed E-state index contributed by atoms with van der Waals surface area (Å²) < 4.78 is 53.4. The van der Waals surface area contributed by atoms with Crippen molar-refractivity contribution in [2.75, 3.05) is 41.5 Å². The first-order valence-electron chi connectivity index (χ1n) is 37.1. The maximum atomic E-state index is 11.7. The minimum absolute atomic E-state index is 0. The summed E-state index contributed by atoms with van der Waals surface area (Å²) in [5.41, 5.74) is 50.9. The molecule has 0 aliphatic heterocycles. The molecule has 5 heterocycles. The number of benzene rings is 10. The Bertz CT molecular complexity index is 6380. The fourth-order valence-corrected chi connectivity index (χ4v) is 13.2. The molecule has 40 heteroatoms. The largest absolute Gasteiger partial charge is 0.483 e. The monoisotopic (exact) mass is 1960 g/mol. The number of nitro groups is 2. The van der Waals surface area contributed by atoms with E-state index >= 15 is 0 Å². The number of imidazole rings is 5. The Morgan fingerprint density at radius 1 is 0.496 bits per heavy atom. The molecular formula is C87H103BrCl6N20O11S2. The molecule has 15 aromatic rings. The molecule has 15 rings (SSSR count). The third-order valence-electron chi connectivity index (χ3n) is 18.9. The van der Waals surface area contributed by atoms with Crippen molar-refractivity contribution in [2.45, 2.75) is 123 Å². The number of H-pyrrole nitrogens is 2. The first kappa shape index (κ1) is 109. The first-order valence-corrected chi connectivity index (χ1v) is 44.7. The van der Waals surface area contributed by atoms with Crippen LogP contribution >= 0.6 is 84.8 Å². The zero-order valence-corrected chi connectivity index (χ0v) is 78.5. The number of nitro benzene ring substituents is 2. The Balaban J connectivity index is 0.000000379. The average Bonchev–Trinajstić information content (AvgIpc) is 1.65. The highest BCUT2D eigenvalue weighted by Crippen LogP contribution is 2.35. The molecule has 0 radical (unpaired) electrons. The summed E-state index contributed by atoms with van der Waals surface area (Å²) >= 11 is 31.3. The summed E-state index contributed by atoms with van der Waals surface area (Å²) in [6.07, 6.45) is 10.5. The summed E-state index contributed by atoms with van der Waals surface area (Å²) in [7, 11) is -1.07. The first-order chi connectivity index (χ1) is 58.9. The molecule has 0 saturated heterocycles. The van der Waals surface area contributed by atoms with Gasteiger partial charge in [0.05, 0.1) is 122 Å². The highest BCUT2D eigenvalue weighted by Gasteiger charge is 2.23. The van der Waals surface area contributed by atoms with Gasteiger partial charge in [-0.3, -0.25) is 29.7 Å². The number of aromatic nitrogens is 10. The third kappa shape index (κ3) is 33.2. The van der Waals surface area contributed by atoms with Gasteiger partial charge < -0.3 is 51.1 Å². The summed E-state index contributed by atoms with van der Waals surface area (Å²) in [4.78, 5) is 57.0. The Kier molecular flexibility index (Phi) is 44.7. The lowest BCUT2D eigenvalue weighted by atomic mass is 10.1. The van der Waals surface area contributed by atoms with E-state index in [1.54, 1.807) is 32.8 Å². The number of aromatic amines is 2. The van der Waals surface area contributed by atoms with E-state index in [2.05, 4.69) is 137 Å². The van der Waals surface area contributed by atoms with Gasteiger partial charge in [-0.05, 0) is 268 Å². The Labute approximate surface area is 775 Å². The SMILES string of the molecule is C.C.CO.CS(=O)(=O)Cl.Cc1cc(N)c(N)cc1C.Cc1cc2[nH]cnc2c([N+](=O)[O-])c1C.Cc1cc2c(ncn2Cc2ccc(Cl)cc2)c(N)c1C.Cc1cc2c(ncn2Cc2ccc(Cl)cc2)c(NS(C)(=O)=O)c1C.Cc1cc2c(ncn2Cc2ccc(Cl)cc2)c([N+](=O)[O-])c1C.Cc1cc2nc[nH]c2cc1C.Clc1ccc(CBr)cc1.N=NN=NCl.O=CO. The van der Waals surface area contributed by atoms with E-state index in [-0.39, 0.29) is 42.5 Å². The van der Waals surface area contributed by atoms with Gasteiger partial charge in [0, 0.05) is 74.0 Å². The lowest BCUT2D eigenvalue weighted by Gasteiger charge is -2.12. The molecule has 5 aromatic heterocycles. The number of sulfonamides is 1. The number of alkyl halides is 1. The number of carboxylic acid groups (broad SMARTS) is 1. The molecule has 0 spiro atoms. The number of nitrogen functional groups attached to an aromatic ring is 3. The molecule has 678 valence electrons. The lowest BCUT2D eigenvalue weighted by molar-refractivity contribution is -0.383. The molecule has 0 aliphatic rings. The number of aliphatic hydroxyl groups is 1. The number of hydrogen-bond acceptors (Lipinski definition) is 20.